The van der Waals surface area contributed by atoms with E-state index in [-0.39, 0.29) is 0 Å². The average molecular weight is 274 g/mol. The fourth-order valence-electron chi connectivity index (χ4n) is 2.30. The van der Waals surface area contributed by atoms with E-state index in [9.17, 15) is 0 Å². The number of nitrogens with one attached hydrogen (secondary N) is 1. The number of hydrogen-bond acceptors (Lipinski definition) is 3. The third kappa shape index (κ3) is 4.15. The van der Waals surface area contributed by atoms with Gasteiger partial charge >= 0.3 is 0 Å². The summed E-state index contributed by atoms with van der Waals surface area (Å²) < 4.78 is 0. The molecule has 1 unspecified atom stereocenters. The van der Waals surface area contributed by atoms with Crippen LogP contribution < -0.4 is 5.32 Å². The summed E-state index contributed by atoms with van der Waals surface area (Å²) in [5.74, 6) is 0.501. The number of aryl methyl sites for hydroxylation is 2. The lowest BCUT2D eigenvalue weighted by atomic mass is 9.93. The summed E-state index contributed by atoms with van der Waals surface area (Å²) in [6.45, 7) is 8.40. The molecule has 0 aliphatic rings. The van der Waals surface area contributed by atoms with Gasteiger partial charge in [0.15, 0.2) is 0 Å². The minimum Gasteiger partial charge on any atom is -0.316 e. The van der Waals surface area contributed by atoms with Gasteiger partial charge in [-0.1, -0.05) is 36.8 Å². The molecule has 102 valence electrons. The first-order valence-electron chi connectivity index (χ1n) is 6.87. The Bertz CT molecular complexity index is 519. The van der Waals surface area contributed by atoms with E-state index in [4.69, 9.17) is 0 Å². The van der Waals surface area contributed by atoms with Crippen molar-refractivity contribution >= 4 is 11.3 Å². The van der Waals surface area contributed by atoms with E-state index in [1.165, 1.54) is 16.8 Å². The summed E-state index contributed by atoms with van der Waals surface area (Å²) in [6.07, 6.45) is 1.01. The molecule has 2 nitrogen and oxygen atoms in total. The van der Waals surface area contributed by atoms with Gasteiger partial charge in [-0.15, -0.1) is 11.3 Å². The Morgan fingerprint density at radius 2 is 2.16 bits per heavy atom. The van der Waals surface area contributed by atoms with Crippen LogP contribution in [0.1, 0.15) is 34.7 Å². The van der Waals surface area contributed by atoms with Crippen LogP contribution in [0.4, 0.5) is 0 Å². The summed E-state index contributed by atoms with van der Waals surface area (Å²) in [5, 5.41) is 6.81. The number of hydrogen-bond donors (Lipinski definition) is 1. The van der Waals surface area contributed by atoms with Crippen molar-refractivity contribution in [2.45, 2.75) is 33.1 Å². The van der Waals surface area contributed by atoms with Gasteiger partial charge in [0.05, 0.1) is 10.7 Å². The quantitative estimate of drug-likeness (QED) is 0.869. The maximum atomic E-state index is 4.60. The van der Waals surface area contributed by atoms with Gasteiger partial charge in [-0.05, 0) is 32.4 Å². The largest absolute Gasteiger partial charge is 0.316 e. The first kappa shape index (κ1) is 14.2. The van der Waals surface area contributed by atoms with Crippen molar-refractivity contribution in [1.29, 1.82) is 0 Å². The van der Waals surface area contributed by atoms with Gasteiger partial charge in [-0.25, -0.2) is 4.98 Å². The van der Waals surface area contributed by atoms with Crippen LogP contribution in [0.3, 0.4) is 0 Å². The minimum absolute atomic E-state index is 0.501. The maximum Gasteiger partial charge on any atom is 0.0897 e. The van der Waals surface area contributed by atoms with Crippen LogP contribution in [0, 0.1) is 13.8 Å². The van der Waals surface area contributed by atoms with Gasteiger partial charge in [0.2, 0.25) is 0 Å². The molecule has 0 spiro atoms. The second kappa shape index (κ2) is 6.83. The molecule has 0 saturated carbocycles. The van der Waals surface area contributed by atoms with E-state index in [0.29, 0.717) is 5.92 Å². The molecule has 3 heteroatoms. The Balaban J connectivity index is 2.15. The summed E-state index contributed by atoms with van der Waals surface area (Å²) in [6, 6.07) is 8.83. The highest BCUT2D eigenvalue weighted by Crippen LogP contribution is 2.22. The van der Waals surface area contributed by atoms with Crippen LogP contribution in [0.5, 0.6) is 0 Å². The molecule has 1 aromatic heterocycles. The standard InChI is InChI=1S/C16H22N2S/c1-4-17-10-15(9-16-11-19-13(3)18-16)14-7-5-6-12(2)8-14/h5-8,11,15,17H,4,9-10H2,1-3H3. The molecule has 0 aliphatic carbocycles. The molecule has 0 fully saturated rings. The Morgan fingerprint density at radius 1 is 1.32 bits per heavy atom. The van der Waals surface area contributed by atoms with Crippen molar-refractivity contribution in [2.75, 3.05) is 13.1 Å². The third-order valence-electron chi connectivity index (χ3n) is 3.28. The Labute approximate surface area is 119 Å². The Hall–Kier alpha value is -1.19. The number of rotatable bonds is 6. The lowest BCUT2D eigenvalue weighted by Crippen LogP contribution is -2.22. The predicted molar refractivity (Wildman–Crippen MR) is 83.0 cm³/mol. The molecule has 1 aromatic carbocycles. The monoisotopic (exact) mass is 274 g/mol. The van der Waals surface area contributed by atoms with Gasteiger partial charge in [0.1, 0.15) is 0 Å². The summed E-state index contributed by atoms with van der Waals surface area (Å²) in [5.41, 5.74) is 3.95. The number of thiazole rings is 1. The highest BCUT2D eigenvalue weighted by molar-refractivity contribution is 7.09. The van der Waals surface area contributed by atoms with E-state index in [1.54, 1.807) is 11.3 Å². The van der Waals surface area contributed by atoms with Crippen molar-refractivity contribution in [3.63, 3.8) is 0 Å². The summed E-state index contributed by atoms with van der Waals surface area (Å²) >= 11 is 1.74. The van der Waals surface area contributed by atoms with E-state index < -0.39 is 0 Å². The van der Waals surface area contributed by atoms with E-state index in [1.807, 2.05) is 0 Å². The molecule has 1 atom stereocenters. The Morgan fingerprint density at radius 3 is 2.79 bits per heavy atom. The molecule has 1 heterocycles. The smallest absolute Gasteiger partial charge is 0.0897 e. The zero-order valence-electron chi connectivity index (χ0n) is 11.9. The molecule has 0 amide bonds. The van der Waals surface area contributed by atoms with Crippen LogP contribution in [0.25, 0.3) is 0 Å². The zero-order valence-corrected chi connectivity index (χ0v) is 12.8. The lowest BCUT2D eigenvalue weighted by Gasteiger charge is -2.17. The van der Waals surface area contributed by atoms with Crippen molar-refractivity contribution in [2.24, 2.45) is 0 Å². The van der Waals surface area contributed by atoms with Crippen molar-refractivity contribution < 1.29 is 0 Å². The average Bonchev–Trinajstić information content (AvgIpc) is 2.80. The number of likely N-dealkylation sites (N-methyl/N-ethyl adjacent to an activating group) is 1. The van der Waals surface area contributed by atoms with Crippen LogP contribution in [-0.2, 0) is 6.42 Å². The van der Waals surface area contributed by atoms with Crippen molar-refractivity contribution in [3.8, 4) is 0 Å². The van der Waals surface area contributed by atoms with Crippen LogP contribution in [0.2, 0.25) is 0 Å². The van der Waals surface area contributed by atoms with Crippen LogP contribution in [0.15, 0.2) is 29.6 Å². The Kier molecular flexibility index (Phi) is 5.11. The molecule has 0 aliphatic heterocycles. The molecule has 1 N–H and O–H groups in total. The van der Waals surface area contributed by atoms with Gasteiger partial charge in [-0.2, -0.15) is 0 Å². The topological polar surface area (TPSA) is 24.9 Å². The minimum atomic E-state index is 0.501. The lowest BCUT2D eigenvalue weighted by molar-refractivity contribution is 0.590. The normalized spacial score (nSPS) is 12.6. The molecular weight excluding hydrogens is 252 g/mol. The summed E-state index contributed by atoms with van der Waals surface area (Å²) in [7, 11) is 0. The highest BCUT2D eigenvalue weighted by atomic mass is 32.1. The molecule has 0 bridgehead atoms. The van der Waals surface area contributed by atoms with E-state index >= 15 is 0 Å². The predicted octanol–water partition coefficient (Wildman–Crippen LogP) is 3.70. The van der Waals surface area contributed by atoms with Crippen LogP contribution in [-0.4, -0.2) is 18.1 Å². The second-order valence-corrected chi connectivity index (χ2v) is 6.04. The highest BCUT2D eigenvalue weighted by Gasteiger charge is 2.13. The number of benzene rings is 1. The summed E-state index contributed by atoms with van der Waals surface area (Å²) in [4.78, 5) is 4.60. The van der Waals surface area contributed by atoms with Gasteiger partial charge in [0.25, 0.3) is 0 Å². The number of nitrogens with zero attached hydrogens (tertiary/aromatic N) is 1. The molecule has 0 radical (unpaired) electrons. The molecule has 2 aromatic rings. The maximum absolute atomic E-state index is 4.60. The van der Waals surface area contributed by atoms with E-state index in [0.717, 1.165) is 24.5 Å². The fraction of sp³-hybridized carbons (Fsp3) is 0.438. The van der Waals surface area contributed by atoms with Crippen molar-refractivity contribution in [1.82, 2.24) is 10.3 Å². The zero-order chi connectivity index (χ0) is 13.7. The third-order valence-corrected chi connectivity index (χ3v) is 4.10. The second-order valence-electron chi connectivity index (χ2n) is 4.98. The van der Waals surface area contributed by atoms with Gasteiger partial charge in [0, 0.05) is 17.8 Å². The van der Waals surface area contributed by atoms with Gasteiger partial charge in [-0.3, -0.25) is 0 Å². The van der Waals surface area contributed by atoms with Crippen molar-refractivity contribution in [3.05, 3.63) is 51.5 Å². The fourth-order valence-corrected chi connectivity index (χ4v) is 2.93. The number of aromatic nitrogens is 1. The molecule has 0 saturated heterocycles. The van der Waals surface area contributed by atoms with E-state index in [2.05, 4.69) is 60.7 Å². The first-order chi connectivity index (χ1) is 9.19. The molecule has 2 rings (SSSR count). The van der Waals surface area contributed by atoms with Crippen LogP contribution >= 0.6 is 11.3 Å². The van der Waals surface area contributed by atoms with Gasteiger partial charge < -0.3 is 5.32 Å². The molecule has 19 heavy (non-hydrogen) atoms. The first-order valence-corrected chi connectivity index (χ1v) is 7.75. The molecular formula is C16H22N2S. The SMILES string of the molecule is CCNCC(Cc1csc(C)n1)c1cccc(C)c1.